The van der Waals surface area contributed by atoms with Gasteiger partial charge in [-0.25, -0.2) is 4.98 Å². The summed E-state index contributed by atoms with van der Waals surface area (Å²) in [6, 6.07) is 11.3. The van der Waals surface area contributed by atoms with Crippen LogP contribution >= 0.6 is 11.3 Å². The first kappa shape index (κ1) is 17.2. The molecule has 0 fully saturated rings. The van der Waals surface area contributed by atoms with Crippen molar-refractivity contribution >= 4 is 38.3 Å². The highest BCUT2D eigenvalue weighted by atomic mass is 32.1. The molecule has 0 aliphatic rings. The number of benzene rings is 2. The summed E-state index contributed by atoms with van der Waals surface area (Å²) in [4.78, 5) is 16.8. The number of amides is 1. The van der Waals surface area contributed by atoms with Crippen molar-refractivity contribution in [1.82, 2.24) is 4.98 Å². The number of nitrogen functional groups attached to an aromatic ring is 1. The summed E-state index contributed by atoms with van der Waals surface area (Å²) >= 11 is 1.36. The minimum Gasteiger partial charge on any atom is -0.494 e. The number of carbonyl (C=O) groups excluding carboxylic acids is 1. The Morgan fingerprint density at radius 3 is 2.48 bits per heavy atom. The number of rotatable bonds is 3. The van der Waals surface area contributed by atoms with Gasteiger partial charge in [0.25, 0.3) is 5.91 Å². The molecule has 0 unspecified atom stereocenters. The number of nitrogens with zero attached hydrogens (tertiary/aromatic N) is 1. The second-order valence-electron chi connectivity index (χ2n) is 6.86. The molecule has 3 rings (SSSR count). The van der Waals surface area contributed by atoms with Gasteiger partial charge in [0.2, 0.25) is 0 Å². The topological polar surface area (TPSA) is 77.2 Å². The highest BCUT2D eigenvalue weighted by Crippen LogP contribution is 2.34. The Morgan fingerprint density at radius 1 is 1.20 bits per heavy atom. The summed E-state index contributed by atoms with van der Waals surface area (Å²) in [5, 5.41) is 3.38. The van der Waals surface area contributed by atoms with Crippen LogP contribution in [0.2, 0.25) is 0 Å². The van der Waals surface area contributed by atoms with E-state index in [1.165, 1.54) is 16.9 Å². The Kier molecular flexibility index (Phi) is 4.39. The molecular weight excluding hydrogens is 334 g/mol. The highest BCUT2D eigenvalue weighted by Gasteiger charge is 2.15. The number of ether oxygens (including phenoxy) is 1. The van der Waals surface area contributed by atoms with E-state index in [4.69, 9.17) is 10.5 Å². The van der Waals surface area contributed by atoms with Crippen LogP contribution in [0.4, 0.5) is 10.8 Å². The first-order valence-electron chi connectivity index (χ1n) is 7.94. The number of fused-ring (bicyclic) bond motifs is 1. The summed E-state index contributed by atoms with van der Waals surface area (Å²) in [5.74, 6) is 0.420. The van der Waals surface area contributed by atoms with Gasteiger partial charge in [0.1, 0.15) is 11.3 Å². The van der Waals surface area contributed by atoms with Gasteiger partial charge in [-0.1, -0.05) is 44.2 Å². The van der Waals surface area contributed by atoms with Gasteiger partial charge in [0.15, 0.2) is 5.13 Å². The van der Waals surface area contributed by atoms with Crippen LogP contribution < -0.4 is 15.8 Å². The van der Waals surface area contributed by atoms with E-state index in [9.17, 15) is 4.79 Å². The average molecular weight is 355 g/mol. The van der Waals surface area contributed by atoms with Gasteiger partial charge in [-0.2, -0.15) is 0 Å². The SMILES string of the molecule is COc1cc(NC(=O)c2ccc(C(C)(C)C)cc2)cc2sc(N)nc12. The molecule has 1 amide bonds. The molecule has 3 N–H and O–H groups in total. The third-order valence-corrected chi connectivity index (χ3v) is 4.80. The molecule has 5 nitrogen and oxygen atoms in total. The van der Waals surface area contributed by atoms with Crippen molar-refractivity contribution < 1.29 is 9.53 Å². The van der Waals surface area contributed by atoms with Crippen LogP contribution in [-0.4, -0.2) is 18.0 Å². The van der Waals surface area contributed by atoms with Crippen molar-refractivity contribution in [3.05, 3.63) is 47.5 Å². The van der Waals surface area contributed by atoms with Crippen molar-refractivity contribution in [3.8, 4) is 5.75 Å². The summed E-state index contributed by atoms with van der Waals surface area (Å²) in [5.41, 5.74) is 8.98. The molecule has 0 aliphatic heterocycles. The number of anilines is 2. The maximum Gasteiger partial charge on any atom is 0.255 e. The van der Waals surface area contributed by atoms with E-state index >= 15 is 0 Å². The Morgan fingerprint density at radius 2 is 1.88 bits per heavy atom. The number of nitrogens with one attached hydrogen (secondary N) is 1. The summed E-state index contributed by atoms with van der Waals surface area (Å²) in [6.45, 7) is 6.43. The third-order valence-electron chi connectivity index (χ3n) is 3.97. The second-order valence-corrected chi connectivity index (χ2v) is 7.92. The molecule has 0 saturated carbocycles. The molecule has 0 spiro atoms. The van der Waals surface area contributed by atoms with Crippen molar-refractivity contribution in [2.45, 2.75) is 26.2 Å². The van der Waals surface area contributed by atoms with Gasteiger partial charge in [-0.15, -0.1) is 0 Å². The Balaban J connectivity index is 1.86. The largest absolute Gasteiger partial charge is 0.494 e. The van der Waals surface area contributed by atoms with E-state index < -0.39 is 0 Å². The molecule has 6 heteroatoms. The van der Waals surface area contributed by atoms with Crippen LogP contribution in [0.15, 0.2) is 36.4 Å². The Labute approximate surface area is 150 Å². The number of nitrogens with two attached hydrogens (primary N) is 1. The zero-order chi connectivity index (χ0) is 18.2. The molecule has 0 radical (unpaired) electrons. The molecule has 1 heterocycles. The van der Waals surface area contributed by atoms with Crippen LogP contribution in [0, 0.1) is 0 Å². The number of aromatic nitrogens is 1. The minimum atomic E-state index is -0.167. The van der Waals surface area contributed by atoms with E-state index in [-0.39, 0.29) is 11.3 Å². The minimum absolute atomic E-state index is 0.0551. The fraction of sp³-hybridized carbons (Fsp3) is 0.263. The molecule has 3 aromatic rings. The second kappa shape index (κ2) is 6.37. The van der Waals surface area contributed by atoms with Gasteiger partial charge in [-0.3, -0.25) is 4.79 Å². The smallest absolute Gasteiger partial charge is 0.255 e. The number of hydrogen-bond acceptors (Lipinski definition) is 5. The molecule has 0 atom stereocenters. The standard InChI is InChI=1S/C19H21N3O2S/c1-19(2,3)12-7-5-11(6-8-12)17(23)21-13-9-14(24-4)16-15(10-13)25-18(20)22-16/h5-10H,1-4H3,(H2,20,22)(H,21,23). The first-order chi connectivity index (χ1) is 11.8. The molecule has 0 saturated heterocycles. The third kappa shape index (κ3) is 3.58. The number of thiazole rings is 1. The normalized spacial score (nSPS) is 11.5. The maximum atomic E-state index is 12.5. The van der Waals surface area contributed by atoms with Crippen molar-refractivity contribution in [3.63, 3.8) is 0 Å². The lowest BCUT2D eigenvalue weighted by molar-refractivity contribution is 0.102. The molecule has 2 aromatic carbocycles. The highest BCUT2D eigenvalue weighted by molar-refractivity contribution is 7.22. The van der Waals surface area contributed by atoms with Gasteiger partial charge in [0, 0.05) is 17.3 Å². The van der Waals surface area contributed by atoms with Crippen LogP contribution in [0.3, 0.4) is 0 Å². The molecule has 130 valence electrons. The molecular formula is C19H21N3O2S. The predicted molar refractivity (Wildman–Crippen MR) is 104 cm³/mol. The Hall–Kier alpha value is -2.60. The molecule has 0 aliphatic carbocycles. The van der Waals surface area contributed by atoms with Crippen molar-refractivity contribution in [2.24, 2.45) is 0 Å². The predicted octanol–water partition coefficient (Wildman–Crippen LogP) is 4.44. The van der Waals surface area contributed by atoms with E-state index in [0.29, 0.717) is 27.6 Å². The molecule has 25 heavy (non-hydrogen) atoms. The monoisotopic (exact) mass is 355 g/mol. The quantitative estimate of drug-likeness (QED) is 0.728. The number of carbonyl (C=O) groups is 1. The number of hydrogen-bond donors (Lipinski definition) is 2. The lowest BCUT2D eigenvalue weighted by Crippen LogP contribution is -2.14. The Bertz CT molecular complexity index is 924. The zero-order valence-corrected chi connectivity index (χ0v) is 15.5. The van der Waals surface area contributed by atoms with Crippen LogP contribution in [0.1, 0.15) is 36.7 Å². The lowest BCUT2D eigenvalue weighted by atomic mass is 9.87. The van der Waals surface area contributed by atoms with Gasteiger partial charge >= 0.3 is 0 Å². The van der Waals surface area contributed by atoms with E-state index in [2.05, 4.69) is 31.1 Å². The fourth-order valence-corrected chi connectivity index (χ4v) is 3.36. The molecule has 0 bridgehead atoms. The zero-order valence-electron chi connectivity index (χ0n) is 14.7. The van der Waals surface area contributed by atoms with E-state index in [1.807, 2.05) is 30.3 Å². The van der Waals surface area contributed by atoms with Crippen LogP contribution in [0.25, 0.3) is 10.2 Å². The summed E-state index contributed by atoms with van der Waals surface area (Å²) < 4.78 is 6.23. The van der Waals surface area contributed by atoms with Crippen LogP contribution in [0.5, 0.6) is 5.75 Å². The van der Waals surface area contributed by atoms with Crippen LogP contribution in [-0.2, 0) is 5.41 Å². The average Bonchev–Trinajstić information content (AvgIpc) is 2.93. The summed E-state index contributed by atoms with van der Waals surface area (Å²) in [6.07, 6.45) is 0. The van der Waals surface area contributed by atoms with Gasteiger partial charge in [0.05, 0.1) is 11.8 Å². The number of methoxy groups -OCH3 is 1. The van der Waals surface area contributed by atoms with E-state index in [0.717, 1.165) is 4.70 Å². The fourth-order valence-electron chi connectivity index (χ4n) is 2.57. The van der Waals surface area contributed by atoms with Crippen molar-refractivity contribution in [1.29, 1.82) is 0 Å². The summed E-state index contributed by atoms with van der Waals surface area (Å²) in [7, 11) is 1.57. The van der Waals surface area contributed by atoms with Gasteiger partial charge < -0.3 is 15.8 Å². The first-order valence-corrected chi connectivity index (χ1v) is 8.75. The molecule has 1 aromatic heterocycles. The lowest BCUT2D eigenvalue weighted by Gasteiger charge is -2.19. The van der Waals surface area contributed by atoms with Crippen molar-refractivity contribution in [2.75, 3.05) is 18.2 Å². The maximum absolute atomic E-state index is 12.5. The van der Waals surface area contributed by atoms with Gasteiger partial charge in [-0.05, 0) is 29.2 Å². The van der Waals surface area contributed by atoms with E-state index in [1.54, 1.807) is 13.2 Å².